The van der Waals surface area contributed by atoms with E-state index in [2.05, 4.69) is 31.2 Å². The maximum Gasteiger partial charge on any atom is 0.180 e. The van der Waals surface area contributed by atoms with E-state index in [0.29, 0.717) is 0 Å². The molecule has 0 bridgehead atoms. The van der Waals surface area contributed by atoms with Gasteiger partial charge in [0.2, 0.25) is 0 Å². The first kappa shape index (κ1) is 11.3. The van der Waals surface area contributed by atoms with Gasteiger partial charge in [-0.2, -0.15) is 11.8 Å². The Kier molecular flexibility index (Phi) is 3.24. The third kappa shape index (κ3) is 2.42. The zero-order chi connectivity index (χ0) is 11.7. The molecule has 0 aromatic carbocycles. The van der Waals surface area contributed by atoms with Gasteiger partial charge in [-0.15, -0.1) is 0 Å². The molecule has 90 valence electrons. The summed E-state index contributed by atoms with van der Waals surface area (Å²) in [5.74, 6) is 4.17. The lowest BCUT2D eigenvalue weighted by atomic mass is 10.1. The van der Waals surface area contributed by atoms with Gasteiger partial charge in [0.05, 0.1) is 0 Å². The molecule has 0 saturated carbocycles. The molecule has 6 heteroatoms. The Hall–Kier alpha value is -0.750. The zero-order valence-corrected chi connectivity index (χ0v) is 11.7. The topological polar surface area (TPSA) is 42.2 Å². The van der Waals surface area contributed by atoms with Crippen LogP contribution in [0.3, 0.4) is 0 Å². The number of rotatable bonds is 3. The van der Waals surface area contributed by atoms with Crippen LogP contribution >= 0.6 is 27.7 Å². The Labute approximate surface area is 112 Å². The molecule has 1 aliphatic rings. The van der Waals surface area contributed by atoms with Crippen LogP contribution in [0.15, 0.2) is 23.2 Å². The lowest BCUT2D eigenvalue weighted by Gasteiger charge is -2.11. The number of imidazole rings is 1. The number of nitrogens with one attached hydrogen (secondary N) is 1. The van der Waals surface area contributed by atoms with E-state index in [9.17, 15) is 0 Å². The van der Waals surface area contributed by atoms with Crippen LogP contribution in [0.2, 0.25) is 0 Å². The van der Waals surface area contributed by atoms with Crippen LogP contribution in [0.4, 0.5) is 5.82 Å². The minimum atomic E-state index is 0.760. The molecule has 1 fully saturated rings. The minimum Gasteiger partial charge on any atom is -0.367 e. The highest BCUT2D eigenvalue weighted by molar-refractivity contribution is 9.10. The number of anilines is 1. The fourth-order valence-corrected chi connectivity index (χ4v) is 3.69. The summed E-state index contributed by atoms with van der Waals surface area (Å²) >= 11 is 5.45. The van der Waals surface area contributed by atoms with Crippen LogP contribution in [0, 0.1) is 5.92 Å². The first-order valence-electron chi connectivity index (χ1n) is 5.64. The van der Waals surface area contributed by atoms with Crippen LogP contribution in [0.1, 0.15) is 6.42 Å². The Morgan fingerprint density at radius 1 is 1.59 bits per heavy atom. The summed E-state index contributed by atoms with van der Waals surface area (Å²) in [5.41, 5.74) is 0.888. The number of halogens is 1. The van der Waals surface area contributed by atoms with Crippen molar-refractivity contribution in [3.05, 3.63) is 23.2 Å². The van der Waals surface area contributed by atoms with Gasteiger partial charge in [0.1, 0.15) is 4.60 Å². The number of hydrogen-bond acceptors (Lipinski definition) is 4. The van der Waals surface area contributed by atoms with Crippen LogP contribution in [0.25, 0.3) is 5.65 Å². The molecule has 0 aliphatic carbocycles. The van der Waals surface area contributed by atoms with Gasteiger partial charge in [0.25, 0.3) is 0 Å². The molecule has 3 rings (SSSR count). The highest BCUT2D eigenvalue weighted by Crippen LogP contribution is 2.24. The smallest absolute Gasteiger partial charge is 0.180 e. The van der Waals surface area contributed by atoms with Crippen molar-refractivity contribution in [2.75, 3.05) is 23.4 Å². The van der Waals surface area contributed by atoms with Crippen LogP contribution in [-0.4, -0.2) is 32.4 Å². The molecule has 1 aliphatic heterocycles. The Morgan fingerprint density at radius 3 is 3.35 bits per heavy atom. The number of hydrogen-bond donors (Lipinski definition) is 1. The highest BCUT2D eigenvalue weighted by Gasteiger charge is 2.16. The van der Waals surface area contributed by atoms with Gasteiger partial charge in [0.15, 0.2) is 11.5 Å². The number of aromatic nitrogens is 3. The van der Waals surface area contributed by atoms with E-state index in [1.54, 1.807) is 6.20 Å². The van der Waals surface area contributed by atoms with E-state index in [0.717, 1.165) is 28.5 Å². The molecular weight excluding hydrogens is 300 g/mol. The second kappa shape index (κ2) is 4.86. The molecule has 1 atom stereocenters. The minimum absolute atomic E-state index is 0.760. The van der Waals surface area contributed by atoms with Gasteiger partial charge < -0.3 is 9.72 Å². The summed E-state index contributed by atoms with van der Waals surface area (Å²) in [7, 11) is 0. The fraction of sp³-hybridized carbons (Fsp3) is 0.455. The summed E-state index contributed by atoms with van der Waals surface area (Å²) in [6, 6.07) is 0. The lowest BCUT2D eigenvalue weighted by Crippen LogP contribution is -2.15. The maximum absolute atomic E-state index is 4.45. The van der Waals surface area contributed by atoms with Gasteiger partial charge in [-0.05, 0) is 39.8 Å². The van der Waals surface area contributed by atoms with E-state index < -0.39 is 0 Å². The predicted molar refractivity (Wildman–Crippen MR) is 74.6 cm³/mol. The standard InChI is InChI=1S/C11H13BrN4S/c12-9-6-16-3-2-13-11(16)10(15-9)14-5-8-1-4-17-7-8/h2-3,6,8H,1,4-5,7H2,(H,14,15). The number of thioether (sulfide) groups is 1. The highest BCUT2D eigenvalue weighted by atomic mass is 79.9. The summed E-state index contributed by atoms with van der Waals surface area (Å²) in [6.07, 6.45) is 6.94. The number of nitrogens with zero attached hydrogens (tertiary/aromatic N) is 3. The third-order valence-electron chi connectivity index (χ3n) is 2.93. The summed E-state index contributed by atoms with van der Waals surface area (Å²) in [6.45, 7) is 0.985. The molecule has 1 N–H and O–H groups in total. The molecule has 0 spiro atoms. The van der Waals surface area contributed by atoms with E-state index in [1.807, 2.05) is 28.6 Å². The molecule has 3 heterocycles. The first-order valence-corrected chi connectivity index (χ1v) is 7.58. The summed E-state index contributed by atoms with van der Waals surface area (Å²) < 4.78 is 2.80. The molecule has 17 heavy (non-hydrogen) atoms. The third-order valence-corrected chi connectivity index (χ3v) is 4.54. The molecule has 0 radical (unpaired) electrons. The van der Waals surface area contributed by atoms with Crippen LogP contribution < -0.4 is 5.32 Å². The van der Waals surface area contributed by atoms with Crippen molar-refractivity contribution in [3.8, 4) is 0 Å². The molecule has 0 amide bonds. The normalized spacial score (nSPS) is 19.9. The monoisotopic (exact) mass is 312 g/mol. The Balaban J connectivity index is 1.81. The van der Waals surface area contributed by atoms with E-state index >= 15 is 0 Å². The van der Waals surface area contributed by atoms with Crippen molar-refractivity contribution in [3.63, 3.8) is 0 Å². The zero-order valence-electron chi connectivity index (χ0n) is 9.27. The molecule has 1 saturated heterocycles. The van der Waals surface area contributed by atoms with Gasteiger partial charge in [-0.1, -0.05) is 0 Å². The second-order valence-electron chi connectivity index (χ2n) is 4.18. The van der Waals surface area contributed by atoms with Gasteiger partial charge >= 0.3 is 0 Å². The van der Waals surface area contributed by atoms with Gasteiger partial charge in [-0.3, -0.25) is 0 Å². The van der Waals surface area contributed by atoms with Gasteiger partial charge in [-0.25, -0.2) is 9.97 Å². The summed E-state index contributed by atoms with van der Waals surface area (Å²) in [4.78, 5) is 8.77. The van der Waals surface area contributed by atoms with E-state index in [4.69, 9.17) is 0 Å². The molecule has 4 nitrogen and oxygen atoms in total. The molecule has 1 unspecified atom stereocenters. The van der Waals surface area contributed by atoms with Crippen LogP contribution in [0.5, 0.6) is 0 Å². The molecule has 2 aromatic heterocycles. The average Bonchev–Trinajstić information content (AvgIpc) is 2.95. The van der Waals surface area contributed by atoms with Crippen molar-refractivity contribution < 1.29 is 0 Å². The van der Waals surface area contributed by atoms with Crippen molar-refractivity contribution >= 4 is 39.2 Å². The Bertz CT molecular complexity index is 521. The molecule has 2 aromatic rings. The van der Waals surface area contributed by atoms with Crippen LogP contribution in [-0.2, 0) is 0 Å². The van der Waals surface area contributed by atoms with E-state index in [1.165, 1.54) is 17.9 Å². The number of fused-ring (bicyclic) bond motifs is 1. The van der Waals surface area contributed by atoms with Crippen molar-refractivity contribution in [1.29, 1.82) is 0 Å². The lowest BCUT2D eigenvalue weighted by molar-refractivity contribution is 0.630. The first-order chi connectivity index (χ1) is 8.33. The largest absolute Gasteiger partial charge is 0.367 e. The summed E-state index contributed by atoms with van der Waals surface area (Å²) in [5, 5.41) is 3.42. The maximum atomic E-state index is 4.45. The van der Waals surface area contributed by atoms with Crippen molar-refractivity contribution in [2.45, 2.75) is 6.42 Å². The van der Waals surface area contributed by atoms with Crippen molar-refractivity contribution in [2.24, 2.45) is 5.92 Å². The second-order valence-corrected chi connectivity index (χ2v) is 6.14. The Morgan fingerprint density at radius 2 is 2.53 bits per heavy atom. The quantitative estimate of drug-likeness (QED) is 0.946. The fourth-order valence-electron chi connectivity index (χ4n) is 2.00. The van der Waals surface area contributed by atoms with Crippen molar-refractivity contribution in [1.82, 2.24) is 14.4 Å². The average molecular weight is 313 g/mol. The molecular formula is C11H13BrN4S. The van der Waals surface area contributed by atoms with Gasteiger partial charge in [0, 0.05) is 25.1 Å². The van der Waals surface area contributed by atoms with E-state index in [-0.39, 0.29) is 0 Å². The predicted octanol–water partition coefficient (Wildman–Crippen LogP) is 2.66. The SMILES string of the molecule is Brc1cn2ccnc2c(NCC2CCSC2)n1.